The second-order valence-electron chi connectivity index (χ2n) is 9.92. The zero-order chi connectivity index (χ0) is 28.1. The molecule has 0 radical (unpaired) electrons. The van der Waals surface area contributed by atoms with E-state index in [-0.39, 0.29) is 12.8 Å². The third-order valence-electron chi connectivity index (χ3n) is 6.74. The Bertz CT molecular complexity index is 1030. The number of allylic oxidation sites excluding steroid dienone is 4. The van der Waals surface area contributed by atoms with Gasteiger partial charge in [0.05, 0.1) is 7.11 Å². The van der Waals surface area contributed by atoms with Crippen molar-refractivity contribution in [3.63, 3.8) is 0 Å². The lowest BCUT2D eigenvalue weighted by Gasteiger charge is -2.16. The van der Waals surface area contributed by atoms with Crippen molar-refractivity contribution in [1.29, 1.82) is 0 Å². The van der Waals surface area contributed by atoms with Crippen LogP contribution < -0.4 is 4.74 Å². The molecule has 39 heavy (non-hydrogen) atoms. The van der Waals surface area contributed by atoms with E-state index in [9.17, 15) is 9.59 Å². The van der Waals surface area contributed by atoms with E-state index in [1.807, 2.05) is 24.4 Å². The maximum atomic E-state index is 12.2. The number of rotatable bonds is 20. The monoisotopic (exact) mass is 540 g/mol. The summed E-state index contributed by atoms with van der Waals surface area (Å²) >= 11 is 0. The third-order valence-corrected chi connectivity index (χ3v) is 6.74. The molecular formula is C32H48N2O5. The van der Waals surface area contributed by atoms with Crippen LogP contribution in [-0.2, 0) is 20.7 Å². The highest BCUT2D eigenvalue weighted by atomic mass is 16.7. The molecule has 0 fully saturated rings. The summed E-state index contributed by atoms with van der Waals surface area (Å²) in [7, 11) is 3.31. The van der Waals surface area contributed by atoms with E-state index >= 15 is 0 Å². The quantitative estimate of drug-likeness (QED) is 0.0794. The Hall–Kier alpha value is -3.22. The van der Waals surface area contributed by atoms with Gasteiger partial charge in [0.2, 0.25) is 6.79 Å². The summed E-state index contributed by atoms with van der Waals surface area (Å²) in [6, 6.07) is 5.86. The minimum absolute atomic E-state index is 0.330. The Kier molecular flexibility index (Phi) is 16.2. The molecule has 0 unspecified atom stereocenters. The second kappa shape index (κ2) is 19.8. The highest BCUT2D eigenvalue weighted by molar-refractivity contribution is 5.84. The molecule has 0 atom stereocenters. The fourth-order valence-corrected chi connectivity index (χ4v) is 4.28. The zero-order valence-electron chi connectivity index (χ0n) is 24.2. The first-order valence-corrected chi connectivity index (χ1v) is 14.5. The van der Waals surface area contributed by atoms with Crippen molar-refractivity contribution < 1.29 is 23.8 Å². The summed E-state index contributed by atoms with van der Waals surface area (Å²) in [5.41, 5.74) is 2.11. The van der Waals surface area contributed by atoms with Crippen LogP contribution in [0.3, 0.4) is 0 Å². The van der Waals surface area contributed by atoms with Crippen LogP contribution in [0.4, 0.5) is 4.79 Å². The van der Waals surface area contributed by atoms with Crippen molar-refractivity contribution >= 4 is 23.0 Å². The summed E-state index contributed by atoms with van der Waals surface area (Å²) < 4.78 is 15.5. The predicted octanol–water partition coefficient (Wildman–Crippen LogP) is 8.10. The molecule has 2 aromatic rings. The normalized spacial score (nSPS) is 11.5. The smallest absolute Gasteiger partial charge is 0.412 e. The SMILES string of the molecule is CCCCC/C=C\C/C=C\CCCCCCCC(=O)OCOC(=O)N(C)CCc1c[nH]c2ccc(OC)cc12. The molecule has 2 rings (SSSR count). The van der Waals surface area contributed by atoms with Gasteiger partial charge in [-0.2, -0.15) is 0 Å². The molecule has 1 N–H and O–H groups in total. The summed E-state index contributed by atoms with van der Waals surface area (Å²) in [6.07, 6.45) is 24.0. The number of aromatic amines is 1. The molecule has 7 heteroatoms. The molecule has 0 bridgehead atoms. The molecule has 0 aliphatic heterocycles. The molecule has 0 saturated heterocycles. The number of nitrogens with zero attached hydrogens (tertiary/aromatic N) is 1. The number of carbonyl (C=O) groups excluding carboxylic acids is 2. The van der Waals surface area contributed by atoms with Crippen LogP contribution in [0.2, 0.25) is 0 Å². The van der Waals surface area contributed by atoms with Gasteiger partial charge in [-0.3, -0.25) is 4.79 Å². The fraction of sp³-hybridized carbons (Fsp3) is 0.562. The van der Waals surface area contributed by atoms with Gasteiger partial charge in [0.1, 0.15) is 5.75 Å². The second-order valence-corrected chi connectivity index (χ2v) is 9.92. The van der Waals surface area contributed by atoms with E-state index in [0.717, 1.165) is 54.3 Å². The Labute approximate surface area is 234 Å². The van der Waals surface area contributed by atoms with Crippen LogP contribution in [0.1, 0.15) is 89.5 Å². The summed E-state index contributed by atoms with van der Waals surface area (Å²) in [6.45, 7) is 2.35. The van der Waals surface area contributed by atoms with E-state index in [1.54, 1.807) is 14.2 Å². The Morgan fingerprint density at radius 1 is 0.923 bits per heavy atom. The predicted molar refractivity (Wildman–Crippen MR) is 158 cm³/mol. The Morgan fingerprint density at radius 2 is 1.64 bits per heavy atom. The number of methoxy groups -OCH3 is 1. The number of H-pyrrole nitrogens is 1. The van der Waals surface area contributed by atoms with Crippen molar-refractivity contribution in [3.05, 3.63) is 54.3 Å². The fourth-order valence-electron chi connectivity index (χ4n) is 4.28. The summed E-state index contributed by atoms with van der Waals surface area (Å²) in [4.78, 5) is 28.9. The van der Waals surface area contributed by atoms with Crippen molar-refractivity contribution in [3.8, 4) is 5.75 Å². The Morgan fingerprint density at radius 3 is 2.38 bits per heavy atom. The number of likely N-dealkylation sites (N-methyl/N-ethyl adjacent to an activating group) is 1. The van der Waals surface area contributed by atoms with Crippen LogP contribution >= 0.6 is 0 Å². The molecule has 1 heterocycles. The number of unbranched alkanes of at least 4 members (excludes halogenated alkanes) is 8. The van der Waals surface area contributed by atoms with Gasteiger partial charge in [-0.1, -0.05) is 63.3 Å². The van der Waals surface area contributed by atoms with Crippen LogP contribution in [0, 0.1) is 0 Å². The molecule has 1 amide bonds. The Balaban J connectivity index is 1.46. The number of carbonyl (C=O) groups is 2. The molecule has 0 aliphatic rings. The van der Waals surface area contributed by atoms with E-state index in [4.69, 9.17) is 14.2 Å². The molecule has 0 saturated carbocycles. The number of hydrogen-bond acceptors (Lipinski definition) is 5. The van der Waals surface area contributed by atoms with Gasteiger partial charge >= 0.3 is 12.1 Å². The van der Waals surface area contributed by atoms with Crippen LogP contribution in [0.15, 0.2) is 48.7 Å². The van der Waals surface area contributed by atoms with Crippen LogP contribution in [0.5, 0.6) is 5.75 Å². The average Bonchev–Trinajstić information content (AvgIpc) is 3.35. The zero-order valence-corrected chi connectivity index (χ0v) is 24.2. The summed E-state index contributed by atoms with van der Waals surface area (Å²) in [5, 5.41) is 1.07. The molecule has 0 spiro atoms. The number of aromatic nitrogens is 1. The minimum Gasteiger partial charge on any atom is -0.497 e. The van der Waals surface area contributed by atoms with Gasteiger partial charge < -0.3 is 24.1 Å². The highest BCUT2D eigenvalue weighted by Gasteiger charge is 2.13. The maximum Gasteiger partial charge on any atom is 0.412 e. The van der Waals surface area contributed by atoms with Crippen molar-refractivity contribution in [2.75, 3.05) is 27.5 Å². The minimum atomic E-state index is -0.516. The number of hydrogen-bond donors (Lipinski definition) is 1. The lowest BCUT2D eigenvalue weighted by atomic mass is 10.1. The molecule has 0 aliphatic carbocycles. The standard InChI is InChI=1S/C32H48N2O5/c1-4-5-6-7-8-9-10-11-12-13-14-15-16-17-18-19-31(35)38-26-39-32(36)34(2)23-22-27-25-33-30-21-20-28(37-3)24-29(27)30/h8-9,11-12,20-21,24-25,33H,4-7,10,13-19,22-23,26H2,1-3H3/b9-8-,12-11-. The van der Waals surface area contributed by atoms with Crippen molar-refractivity contribution in [2.24, 2.45) is 0 Å². The highest BCUT2D eigenvalue weighted by Crippen LogP contribution is 2.24. The number of nitrogens with one attached hydrogen (secondary N) is 1. The molecule has 1 aromatic carbocycles. The van der Waals surface area contributed by atoms with Crippen molar-refractivity contribution in [2.45, 2.75) is 90.4 Å². The lowest BCUT2D eigenvalue weighted by Crippen LogP contribution is -2.30. The van der Waals surface area contributed by atoms with Gasteiger partial charge in [0.25, 0.3) is 0 Å². The van der Waals surface area contributed by atoms with Gasteiger partial charge in [-0.25, -0.2) is 4.79 Å². The van der Waals surface area contributed by atoms with Gasteiger partial charge in [0, 0.05) is 37.1 Å². The molecule has 1 aromatic heterocycles. The first-order valence-electron chi connectivity index (χ1n) is 14.5. The number of ether oxygens (including phenoxy) is 3. The van der Waals surface area contributed by atoms with Crippen molar-refractivity contribution in [1.82, 2.24) is 9.88 Å². The first kappa shape index (κ1) is 32.0. The van der Waals surface area contributed by atoms with E-state index in [1.165, 1.54) is 43.4 Å². The first-order chi connectivity index (χ1) is 19.0. The lowest BCUT2D eigenvalue weighted by molar-refractivity contribution is -0.152. The van der Waals surface area contributed by atoms with E-state index < -0.39 is 6.09 Å². The van der Waals surface area contributed by atoms with E-state index in [2.05, 4.69) is 36.2 Å². The van der Waals surface area contributed by atoms with E-state index in [0.29, 0.717) is 19.4 Å². The van der Waals surface area contributed by atoms with Crippen LogP contribution in [-0.4, -0.2) is 49.4 Å². The van der Waals surface area contributed by atoms with Gasteiger partial charge in [-0.15, -0.1) is 0 Å². The number of benzene rings is 1. The van der Waals surface area contributed by atoms with Gasteiger partial charge in [-0.05, 0) is 68.7 Å². The van der Waals surface area contributed by atoms with Crippen LogP contribution in [0.25, 0.3) is 10.9 Å². The number of fused-ring (bicyclic) bond motifs is 1. The average molecular weight is 541 g/mol. The largest absolute Gasteiger partial charge is 0.497 e. The molecule has 7 nitrogen and oxygen atoms in total. The maximum absolute atomic E-state index is 12.2. The molecule has 216 valence electrons. The summed E-state index contributed by atoms with van der Waals surface area (Å²) in [5.74, 6) is 0.460. The van der Waals surface area contributed by atoms with Gasteiger partial charge in [0.15, 0.2) is 0 Å². The third kappa shape index (κ3) is 13.4. The number of amides is 1. The topological polar surface area (TPSA) is 80.9 Å². The number of esters is 1. The molecular weight excluding hydrogens is 492 g/mol.